The number of anilines is 1. The van der Waals surface area contributed by atoms with Gasteiger partial charge >= 0.3 is 0 Å². The third kappa shape index (κ3) is 4.32. The molecule has 0 aliphatic rings. The predicted octanol–water partition coefficient (Wildman–Crippen LogP) is 1.83. The van der Waals surface area contributed by atoms with Crippen molar-refractivity contribution in [2.24, 2.45) is 5.73 Å². The molecule has 0 aliphatic heterocycles. The summed E-state index contributed by atoms with van der Waals surface area (Å²) in [6, 6.07) is 4.01. The fourth-order valence-electron chi connectivity index (χ4n) is 1.36. The predicted molar refractivity (Wildman–Crippen MR) is 66.6 cm³/mol. The molecule has 0 aromatic heterocycles. The second kappa shape index (κ2) is 5.97. The van der Waals surface area contributed by atoms with Gasteiger partial charge in [0.25, 0.3) is 0 Å². The standard InChI is InChI=1S/C11H17FN2O2S/c1-2-3-6-17(15,16)14-10-4-5-11(12)9(7-10)8-13/h4-5,7,14H,2-3,6,8,13H2,1H3. The Balaban J connectivity index is 2.81. The monoisotopic (exact) mass is 260 g/mol. The van der Waals surface area contributed by atoms with Crippen LogP contribution in [0.5, 0.6) is 0 Å². The molecule has 0 unspecified atom stereocenters. The highest BCUT2D eigenvalue weighted by atomic mass is 32.2. The first-order valence-corrected chi connectivity index (χ1v) is 7.12. The summed E-state index contributed by atoms with van der Waals surface area (Å²) in [7, 11) is -3.35. The SMILES string of the molecule is CCCCS(=O)(=O)Nc1ccc(F)c(CN)c1. The maximum atomic E-state index is 13.1. The largest absolute Gasteiger partial charge is 0.326 e. The molecular weight excluding hydrogens is 243 g/mol. The maximum absolute atomic E-state index is 13.1. The number of halogens is 1. The van der Waals surface area contributed by atoms with Crippen molar-refractivity contribution in [3.63, 3.8) is 0 Å². The Bertz CT molecular complexity index is 474. The fraction of sp³-hybridized carbons (Fsp3) is 0.455. The van der Waals surface area contributed by atoms with Gasteiger partial charge in [0.15, 0.2) is 0 Å². The highest BCUT2D eigenvalue weighted by Gasteiger charge is 2.10. The summed E-state index contributed by atoms with van der Waals surface area (Å²) in [6.07, 6.45) is 1.40. The number of rotatable bonds is 6. The van der Waals surface area contributed by atoms with E-state index >= 15 is 0 Å². The zero-order valence-electron chi connectivity index (χ0n) is 9.74. The van der Waals surface area contributed by atoms with Crippen LogP contribution in [0.15, 0.2) is 18.2 Å². The summed E-state index contributed by atoms with van der Waals surface area (Å²) >= 11 is 0. The molecule has 0 radical (unpaired) electrons. The first-order chi connectivity index (χ1) is 7.98. The van der Waals surface area contributed by atoms with Crippen molar-refractivity contribution < 1.29 is 12.8 Å². The summed E-state index contributed by atoms with van der Waals surface area (Å²) in [5, 5.41) is 0. The van der Waals surface area contributed by atoms with Gasteiger partial charge in [-0.2, -0.15) is 0 Å². The van der Waals surface area contributed by atoms with Crippen LogP contribution in [0.25, 0.3) is 0 Å². The van der Waals surface area contributed by atoms with Crippen molar-refractivity contribution in [3.8, 4) is 0 Å². The van der Waals surface area contributed by atoms with Gasteiger partial charge in [-0.05, 0) is 24.6 Å². The smallest absolute Gasteiger partial charge is 0.232 e. The maximum Gasteiger partial charge on any atom is 0.232 e. The Hall–Kier alpha value is -1.14. The summed E-state index contributed by atoms with van der Waals surface area (Å²) in [6.45, 7) is 1.95. The lowest BCUT2D eigenvalue weighted by Crippen LogP contribution is -2.17. The van der Waals surface area contributed by atoms with E-state index in [0.717, 1.165) is 6.42 Å². The topological polar surface area (TPSA) is 72.2 Å². The van der Waals surface area contributed by atoms with Gasteiger partial charge in [-0.3, -0.25) is 4.72 Å². The van der Waals surface area contributed by atoms with E-state index in [1.165, 1.54) is 18.2 Å². The zero-order valence-corrected chi connectivity index (χ0v) is 10.6. The lowest BCUT2D eigenvalue weighted by atomic mass is 10.2. The molecule has 0 amide bonds. The number of unbranched alkanes of at least 4 members (excludes halogenated alkanes) is 1. The molecule has 1 aromatic carbocycles. The molecular formula is C11H17FN2O2S. The molecule has 0 saturated heterocycles. The number of benzene rings is 1. The third-order valence-corrected chi connectivity index (χ3v) is 3.68. The van der Waals surface area contributed by atoms with Gasteiger partial charge < -0.3 is 5.73 Å². The molecule has 1 aromatic rings. The van der Waals surface area contributed by atoms with Gasteiger partial charge in [0.2, 0.25) is 10.0 Å². The van der Waals surface area contributed by atoms with E-state index in [9.17, 15) is 12.8 Å². The van der Waals surface area contributed by atoms with Crippen molar-refractivity contribution in [2.75, 3.05) is 10.5 Å². The van der Waals surface area contributed by atoms with Gasteiger partial charge in [-0.25, -0.2) is 12.8 Å². The average molecular weight is 260 g/mol. The Labute approximate surface area is 101 Å². The first kappa shape index (κ1) is 13.9. The van der Waals surface area contributed by atoms with Gasteiger partial charge in [0, 0.05) is 17.8 Å². The van der Waals surface area contributed by atoms with Crippen LogP contribution in [0.1, 0.15) is 25.3 Å². The molecule has 0 bridgehead atoms. The number of nitrogens with one attached hydrogen (secondary N) is 1. The summed E-state index contributed by atoms with van der Waals surface area (Å²) in [4.78, 5) is 0. The van der Waals surface area contributed by atoms with Crippen molar-refractivity contribution in [2.45, 2.75) is 26.3 Å². The molecule has 1 rings (SSSR count). The molecule has 0 fully saturated rings. The zero-order chi connectivity index (χ0) is 12.9. The minimum absolute atomic E-state index is 0.0381. The first-order valence-electron chi connectivity index (χ1n) is 5.47. The third-order valence-electron chi connectivity index (χ3n) is 2.31. The molecule has 0 saturated carbocycles. The lowest BCUT2D eigenvalue weighted by molar-refractivity contribution is 0.597. The van der Waals surface area contributed by atoms with Crippen molar-refractivity contribution in [3.05, 3.63) is 29.6 Å². The van der Waals surface area contributed by atoms with Crippen LogP contribution in [0.4, 0.5) is 10.1 Å². The van der Waals surface area contributed by atoms with E-state index in [2.05, 4.69) is 4.72 Å². The van der Waals surface area contributed by atoms with E-state index in [-0.39, 0.29) is 12.3 Å². The van der Waals surface area contributed by atoms with Gasteiger partial charge in [0.1, 0.15) is 5.82 Å². The highest BCUT2D eigenvalue weighted by Crippen LogP contribution is 2.16. The summed E-state index contributed by atoms with van der Waals surface area (Å²) in [5.74, 6) is -0.359. The quantitative estimate of drug-likeness (QED) is 0.819. The fourth-order valence-corrected chi connectivity index (χ4v) is 2.62. The van der Waals surface area contributed by atoms with Crippen molar-refractivity contribution in [1.82, 2.24) is 0 Å². The second-order valence-electron chi connectivity index (χ2n) is 3.78. The number of sulfonamides is 1. The van der Waals surface area contributed by atoms with Crippen LogP contribution in [-0.4, -0.2) is 14.2 Å². The summed E-state index contributed by atoms with van der Waals surface area (Å²) < 4.78 is 38.8. The minimum Gasteiger partial charge on any atom is -0.326 e. The van der Waals surface area contributed by atoms with Gasteiger partial charge in [-0.1, -0.05) is 13.3 Å². The number of hydrogen-bond donors (Lipinski definition) is 2. The van der Waals surface area contributed by atoms with Crippen LogP contribution >= 0.6 is 0 Å². The second-order valence-corrected chi connectivity index (χ2v) is 5.63. The van der Waals surface area contributed by atoms with E-state index in [1.54, 1.807) is 0 Å². The Morgan fingerprint density at radius 2 is 2.12 bits per heavy atom. The molecule has 0 spiro atoms. The minimum atomic E-state index is -3.35. The molecule has 0 heterocycles. The molecule has 0 atom stereocenters. The molecule has 3 N–H and O–H groups in total. The van der Waals surface area contributed by atoms with E-state index in [0.29, 0.717) is 17.7 Å². The van der Waals surface area contributed by atoms with Crippen LogP contribution in [0.2, 0.25) is 0 Å². The molecule has 6 heteroatoms. The van der Waals surface area contributed by atoms with Crippen LogP contribution in [0, 0.1) is 5.82 Å². The van der Waals surface area contributed by atoms with Gasteiger partial charge in [0.05, 0.1) is 5.75 Å². The van der Waals surface area contributed by atoms with E-state index in [1.807, 2.05) is 6.92 Å². The normalized spacial score (nSPS) is 11.5. The van der Waals surface area contributed by atoms with Gasteiger partial charge in [-0.15, -0.1) is 0 Å². The lowest BCUT2D eigenvalue weighted by Gasteiger charge is -2.09. The van der Waals surface area contributed by atoms with E-state index in [4.69, 9.17) is 5.73 Å². The molecule has 96 valence electrons. The van der Waals surface area contributed by atoms with Crippen LogP contribution < -0.4 is 10.5 Å². The number of nitrogens with two attached hydrogens (primary N) is 1. The van der Waals surface area contributed by atoms with E-state index < -0.39 is 15.8 Å². The van der Waals surface area contributed by atoms with Crippen LogP contribution in [0.3, 0.4) is 0 Å². The van der Waals surface area contributed by atoms with Crippen molar-refractivity contribution in [1.29, 1.82) is 0 Å². The van der Waals surface area contributed by atoms with Crippen LogP contribution in [-0.2, 0) is 16.6 Å². The molecule has 4 nitrogen and oxygen atoms in total. The highest BCUT2D eigenvalue weighted by molar-refractivity contribution is 7.92. The Morgan fingerprint density at radius 3 is 2.71 bits per heavy atom. The van der Waals surface area contributed by atoms with Crippen molar-refractivity contribution >= 4 is 15.7 Å². The average Bonchev–Trinajstić information content (AvgIpc) is 2.29. The Morgan fingerprint density at radius 1 is 1.41 bits per heavy atom. The number of hydrogen-bond acceptors (Lipinski definition) is 3. The molecule has 17 heavy (non-hydrogen) atoms. The molecule has 0 aliphatic carbocycles. The Kier molecular flexibility index (Phi) is 4.89. The summed E-state index contributed by atoms with van der Waals surface area (Å²) in [5.41, 5.74) is 5.99.